The normalized spacial score (nSPS) is 17.9. The minimum Gasteiger partial charge on any atom is -0.391 e. The van der Waals surface area contributed by atoms with Gasteiger partial charge in [0.15, 0.2) is 5.13 Å². The summed E-state index contributed by atoms with van der Waals surface area (Å²) in [5.41, 5.74) is 0. The number of aromatic nitrogens is 1. The van der Waals surface area contributed by atoms with Crippen LogP contribution in [-0.2, 0) is 6.61 Å². The highest BCUT2D eigenvalue weighted by atomic mass is 35.5. The van der Waals surface area contributed by atoms with E-state index in [9.17, 15) is 0 Å². The van der Waals surface area contributed by atoms with Crippen LogP contribution >= 0.6 is 22.9 Å². The van der Waals surface area contributed by atoms with Crippen molar-refractivity contribution >= 4 is 28.1 Å². The summed E-state index contributed by atoms with van der Waals surface area (Å²) in [6.07, 6.45) is 2.63. The number of rotatable bonds is 4. The summed E-state index contributed by atoms with van der Waals surface area (Å²) in [5, 5.41) is 10.4. The van der Waals surface area contributed by atoms with E-state index in [0.29, 0.717) is 11.2 Å². The zero-order valence-corrected chi connectivity index (χ0v) is 10.5. The van der Waals surface area contributed by atoms with Gasteiger partial charge in [-0.05, 0) is 25.7 Å². The van der Waals surface area contributed by atoms with Crippen molar-refractivity contribution in [1.82, 2.24) is 4.98 Å². The molecule has 1 saturated carbocycles. The zero-order chi connectivity index (χ0) is 11.0. The van der Waals surface area contributed by atoms with Crippen LogP contribution in [0.3, 0.4) is 0 Å². The minimum absolute atomic E-state index is 0.0256. The summed E-state index contributed by atoms with van der Waals surface area (Å²) in [7, 11) is 2.04. The van der Waals surface area contributed by atoms with E-state index in [-0.39, 0.29) is 6.61 Å². The monoisotopic (exact) mass is 246 g/mol. The number of anilines is 1. The van der Waals surface area contributed by atoms with Crippen LogP contribution in [0.15, 0.2) is 0 Å². The molecule has 0 bridgehead atoms. The van der Waals surface area contributed by atoms with Gasteiger partial charge in [0.25, 0.3) is 0 Å². The first-order valence-electron chi connectivity index (χ1n) is 5.12. The molecule has 15 heavy (non-hydrogen) atoms. The topological polar surface area (TPSA) is 36.4 Å². The van der Waals surface area contributed by atoms with Crippen LogP contribution in [0.2, 0.25) is 5.15 Å². The second kappa shape index (κ2) is 4.28. The van der Waals surface area contributed by atoms with E-state index >= 15 is 0 Å². The second-order valence-corrected chi connectivity index (χ2v) is 5.48. The highest BCUT2D eigenvalue weighted by Crippen LogP contribution is 2.38. The molecule has 1 fully saturated rings. The van der Waals surface area contributed by atoms with E-state index in [2.05, 4.69) is 16.8 Å². The molecule has 0 radical (unpaired) electrons. The predicted molar refractivity (Wildman–Crippen MR) is 63.6 cm³/mol. The summed E-state index contributed by atoms with van der Waals surface area (Å²) < 4.78 is 0. The summed E-state index contributed by atoms with van der Waals surface area (Å²) in [6.45, 7) is 2.19. The number of nitrogens with zero attached hydrogens (tertiary/aromatic N) is 2. The first kappa shape index (κ1) is 11.2. The highest BCUT2D eigenvalue weighted by molar-refractivity contribution is 7.16. The average Bonchev–Trinajstić information content (AvgIpc) is 3.00. The molecule has 0 spiro atoms. The molecule has 1 aliphatic carbocycles. The van der Waals surface area contributed by atoms with Crippen LogP contribution in [0, 0.1) is 5.92 Å². The van der Waals surface area contributed by atoms with Gasteiger partial charge in [-0.15, -0.1) is 0 Å². The molecule has 0 amide bonds. The standard InChI is InChI=1S/C10H15ClN2OS/c1-6(7-3-4-7)13(2)10-12-9(11)8(5-14)15-10/h6-7,14H,3-5H2,1-2H3. The SMILES string of the molecule is CC(C1CC1)N(C)c1nc(Cl)c(CO)s1. The lowest BCUT2D eigenvalue weighted by atomic mass is 10.2. The van der Waals surface area contributed by atoms with Crippen LogP contribution in [0.5, 0.6) is 0 Å². The maximum Gasteiger partial charge on any atom is 0.187 e. The number of aliphatic hydroxyl groups is 1. The lowest BCUT2D eigenvalue weighted by molar-refractivity contribution is 0.285. The van der Waals surface area contributed by atoms with Crippen molar-refractivity contribution in [2.75, 3.05) is 11.9 Å². The highest BCUT2D eigenvalue weighted by Gasteiger charge is 2.31. The maximum atomic E-state index is 9.04. The van der Waals surface area contributed by atoms with Gasteiger partial charge in [0, 0.05) is 13.1 Å². The van der Waals surface area contributed by atoms with E-state index in [0.717, 1.165) is 15.9 Å². The van der Waals surface area contributed by atoms with Gasteiger partial charge in [0.1, 0.15) is 5.15 Å². The molecule has 1 atom stereocenters. The average molecular weight is 247 g/mol. The molecule has 84 valence electrons. The Labute approximate surface area is 98.7 Å². The maximum absolute atomic E-state index is 9.04. The third-order valence-corrected chi connectivity index (χ3v) is 4.55. The summed E-state index contributed by atoms with van der Waals surface area (Å²) in [4.78, 5) is 7.17. The molecule has 3 nitrogen and oxygen atoms in total. The molecule has 1 unspecified atom stereocenters. The van der Waals surface area contributed by atoms with Gasteiger partial charge >= 0.3 is 0 Å². The third-order valence-electron chi connectivity index (χ3n) is 3.00. The number of hydrogen-bond donors (Lipinski definition) is 1. The molecule has 0 aromatic carbocycles. The molecule has 1 aromatic heterocycles. The first-order valence-corrected chi connectivity index (χ1v) is 6.31. The van der Waals surface area contributed by atoms with E-state index in [4.69, 9.17) is 16.7 Å². The van der Waals surface area contributed by atoms with Crippen LogP contribution < -0.4 is 4.90 Å². The van der Waals surface area contributed by atoms with Crippen molar-refractivity contribution < 1.29 is 5.11 Å². The number of thiazole rings is 1. The fourth-order valence-corrected chi connectivity index (χ4v) is 2.81. The molecule has 5 heteroatoms. The van der Waals surface area contributed by atoms with E-state index in [1.165, 1.54) is 24.2 Å². The molecule has 1 aliphatic rings. The largest absolute Gasteiger partial charge is 0.391 e. The Kier molecular flexibility index (Phi) is 3.19. The fraction of sp³-hybridized carbons (Fsp3) is 0.700. The molecular formula is C10H15ClN2OS. The van der Waals surface area contributed by atoms with Crippen molar-refractivity contribution in [3.8, 4) is 0 Å². The Hall–Kier alpha value is -0.320. The molecule has 0 saturated heterocycles. The molecular weight excluding hydrogens is 232 g/mol. The van der Waals surface area contributed by atoms with Crippen molar-refractivity contribution in [2.45, 2.75) is 32.4 Å². The molecule has 1 N–H and O–H groups in total. The van der Waals surface area contributed by atoms with E-state index in [1.807, 2.05) is 7.05 Å². The molecule has 0 aliphatic heterocycles. The van der Waals surface area contributed by atoms with Crippen molar-refractivity contribution in [3.63, 3.8) is 0 Å². The van der Waals surface area contributed by atoms with Crippen molar-refractivity contribution in [2.24, 2.45) is 5.92 Å². The summed E-state index contributed by atoms with van der Waals surface area (Å²) in [5.74, 6) is 0.801. The number of halogens is 1. The fourth-order valence-electron chi connectivity index (χ4n) is 1.64. The lowest BCUT2D eigenvalue weighted by Crippen LogP contribution is -2.30. The van der Waals surface area contributed by atoms with E-state index in [1.54, 1.807) is 0 Å². The van der Waals surface area contributed by atoms with Gasteiger partial charge < -0.3 is 10.0 Å². The van der Waals surface area contributed by atoms with Gasteiger partial charge in [0.2, 0.25) is 0 Å². The minimum atomic E-state index is -0.0256. The Morgan fingerprint density at radius 2 is 2.33 bits per heavy atom. The Morgan fingerprint density at radius 3 is 2.80 bits per heavy atom. The molecule has 1 aromatic rings. The lowest BCUT2D eigenvalue weighted by Gasteiger charge is -2.23. The predicted octanol–water partition coefficient (Wildman–Crippen LogP) is 2.52. The van der Waals surface area contributed by atoms with Crippen LogP contribution in [0.1, 0.15) is 24.6 Å². The summed E-state index contributed by atoms with van der Waals surface area (Å²) in [6, 6.07) is 0.513. The van der Waals surface area contributed by atoms with Crippen molar-refractivity contribution in [1.29, 1.82) is 0 Å². The Morgan fingerprint density at radius 1 is 1.67 bits per heavy atom. The number of hydrogen-bond acceptors (Lipinski definition) is 4. The van der Waals surface area contributed by atoms with E-state index < -0.39 is 0 Å². The molecule has 2 rings (SSSR count). The summed E-state index contributed by atoms with van der Waals surface area (Å²) >= 11 is 7.38. The van der Waals surface area contributed by atoms with Gasteiger partial charge in [0.05, 0.1) is 11.5 Å². The quantitative estimate of drug-likeness (QED) is 0.887. The number of aliphatic hydroxyl groups excluding tert-OH is 1. The van der Waals surface area contributed by atoms with Gasteiger partial charge in [-0.2, -0.15) is 0 Å². The van der Waals surface area contributed by atoms with Crippen LogP contribution in [0.4, 0.5) is 5.13 Å². The zero-order valence-electron chi connectivity index (χ0n) is 8.90. The second-order valence-electron chi connectivity index (χ2n) is 4.06. The Balaban J connectivity index is 2.13. The van der Waals surface area contributed by atoms with Gasteiger partial charge in [-0.1, -0.05) is 22.9 Å². The first-order chi connectivity index (χ1) is 7.13. The third kappa shape index (κ3) is 2.27. The van der Waals surface area contributed by atoms with Crippen molar-refractivity contribution in [3.05, 3.63) is 10.0 Å². The smallest absolute Gasteiger partial charge is 0.187 e. The van der Waals surface area contributed by atoms with Crippen LogP contribution in [0.25, 0.3) is 0 Å². The Bertz CT molecular complexity index is 351. The van der Waals surface area contributed by atoms with Gasteiger partial charge in [-0.25, -0.2) is 4.98 Å². The molecule has 1 heterocycles. The van der Waals surface area contributed by atoms with Gasteiger partial charge in [-0.3, -0.25) is 0 Å². The van der Waals surface area contributed by atoms with Crippen LogP contribution in [-0.4, -0.2) is 23.2 Å².